The van der Waals surface area contributed by atoms with E-state index in [4.69, 9.17) is 0 Å². The summed E-state index contributed by atoms with van der Waals surface area (Å²) in [6, 6.07) is 4.72. The first-order valence-corrected chi connectivity index (χ1v) is 8.21. The molecule has 1 heterocycles. The van der Waals surface area contributed by atoms with Gasteiger partial charge in [-0.3, -0.25) is 0 Å². The summed E-state index contributed by atoms with van der Waals surface area (Å²) in [5, 5.41) is 3.28. The summed E-state index contributed by atoms with van der Waals surface area (Å²) in [7, 11) is 0. The fraction of sp³-hybridized carbons (Fsp3) is 0.375. The summed E-state index contributed by atoms with van der Waals surface area (Å²) in [6.07, 6.45) is 1.94. The predicted molar refractivity (Wildman–Crippen MR) is 93.0 cm³/mol. The van der Waals surface area contributed by atoms with Crippen molar-refractivity contribution in [1.82, 2.24) is 9.97 Å². The Morgan fingerprint density at radius 3 is 2.62 bits per heavy atom. The van der Waals surface area contributed by atoms with E-state index in [1.165, 1.54) is 12.1 Å². The summed E-state index contributed by atoms with van der Waals surface area (Å²) in [5.74, 6) is 1.28. The van der Waals surface area contributed by atoms with Crippen LogP contribution in [0.3, 0.4) is 0 Å². The molecule has 0 saturated heterocycles. The molecule has 0 unspecified atom stereocenters. The zero-order valence-corrected chi connectivity index (χ0v) is 14.7. The van der Waals surface area contributed by atoms with Gasteiger partial charge in [0, 0.05) is 12.1 Å². The van der Waals surface area contributed by atoms with Gasteiger partial charge < -0.3 is 5.32 Å². The molecule has 21 heavy (non-hydrogen) atoms. The minimum absolute atomic E-state index is 0.234. The summed E-state index contributed by atoms with van der Waals surface area (Å²) in [4.78, 5) is 9.30. The minimum Gasteiger partial charge on any atom is -0.369 e. The second-order valence-corrected chi connectivity index (χ2v) is 5.97. The molecule has 1 aromatic carbocycles. The smallest absolute Gasteiger partial charge is 0.162 e. The summed E-state index contributed by atoms with van der Waals surface area (Å²) in [5.41, 5.74) is 2.77. The first kappa shape index (κ1) is 16.1. The first-order chi connectivity index (χ1) is 10.1. The average molecular weight is 399 g/mol. The van der Waals surface area contributed by atoms with Crippen LogP contribution < -0.4 is 5.32 Å². The Labute approximate surface area is 138 Å². The monoisotopic (exact) mass is 399 g/mol. The Bertz CT molecular complexity index is 616. The van der Waals surface area contributed by atoms with Crippen molar-refractivity contribution in [3.05, 3.63) is 38.8 Å². The maximum Gasteiger partial charge on any atom is 0.162 e. The minimum atomic E-state index is -0.234. The summed E-state index contributed by atoms with van der Waals surface area (Å²) >= 11 is 2.29. The molecule has 1 aromatic heterocycles. The number of nitrogens with zero attached hydrogens (tertiary/aromatic N) is 2. The highest BCUT2D eigenvalue weighted by molar-refractivity contribution is 14.1. The van der Waals surface area contributed by atoms with E-state index < -0.39 is 0 Å². The normalized spacial score (nSPS) is 10.7. The number of benzene rings is 1. The number of aromatic nitrogens is 2. The maximum absolute atomic E-state index is 13.3. The van der Waals surface area contributed by atoms with Gasteiger partial charge in [-0.25, -0.2) is 14.4 Å². The van der Waals surface area contributed by atoms with Crippen LogP contribution in [0, 0.1) is 16.3 Å². The average Bonchev–Trinajstić information content (AvgIpc) is 2.43. The molecule has 0 amide bonds. The van der Waals surface area contributed by atoms with Gasteiger partial charge in [0.05, 0.1) is 9.26 Å². The standard InChI is InChI=1S/C16H19FIN3/c1-4-6-13-14(18)16(19-5-2)21-15(20-13)12-8-7-11(17)9-10(12)3/h7-9H,4-6H2,1-3H3,(H,19,20,21). The number of aryl methyl sites for hydroxylation is 2. The van der Waals surface area contributed by atoms with Gasteiger partial charge >= 0.3 is 0 Å². The van der Waals surface area contributed by atoms with Crippen molar-refractivity contribution in [3.63, 3.8) is 0 Å². The molecule has 112 valence electrons. The van der Waals surface area contributed by atoms with Gasteiger partial charge in [0.25, 0.3) is 0 Å². The lowest BCUT2D eigenvalue weighted by Gasteiger charge is -2.13. The third-order valence-electron chi connectivity index (χ3n) is 3.18. The Morgan fingerprint density at radius 1 is 1.24 bits per heavy atom. The lowest BCUT2D eigenvalue weighted by Crippen LogP contribution is -2.08. The summed E-state index contributed by atoms with van der Waals surface area (Å²) < 4.78 is 14.3. The van der Waals surface area contributed by atoms with Crippen LogP contribution >= 0.6 is 22.6 Å². The van der Waals surface area contributed by atoms with Crippen molar-refractivity contribution < 1.29 is 4.39 Å². The predicted octanol–water partition coefficient (Wildman–Crippen LogP) is 4.58. The molecule has 0 bridgehead atoms. The molecule has 5 heteroatoms. The molecule has 2 rings (SSSR count). The van der Waals surface area contributed by atoms with Crippen molar-refractivity contribution in [3.8, 4) is 11.4 Å². The highest BCUT2D eigenvalue weighted by atomic mass is 127. The van der Waals surface area contributed by atoms with Gasteiger partial charge in [-0.15, -0.1) is 0 Å². The van der Waals surface area contributed by atoms with Crippen LogP contribution in [0.2, 0.25) is 0 Å². The Morgan fingerprint density at radius 2 is 2.00 bits per heavy atom. The van der Waals surface area contributed by atoms with Gasteiger partial charge in [0.15, 0.2) is 5.82 Å². The van der Waals surface area contributed by atoms with Crippen molar-refractivity contribution in [1.29, 1.82) is 0 Å². The quantitative estimate of drug-likeness (QED) is 0.748. The molecule has 0 aliphatic rings. The molecule has 0 fully saturated rings. The Balaban J connectivity index is 2.56. The number of halogens is 2. The van der Waals surface area contributed by atoms with E-state index in [1.54, 1.807) is 6.07 Å². The molecular weight excluding hydrogens is 380 g/mol. The third-order valence-corrected chi connectivity index (χ3v) is 4.31. The van der Waals surface area contributed by atoms with Crippen molar-refractivity contribution in [2.75, 3.05) is 11.9 Å². The number of rotatable bonds is 5. The lowest BCUT2D eigenvalue weighted by atomic mass is 10.1. The molecule has 2 aromatic rings. The maximum atomic E-state index is 13.3. The highest BCUT2D eigenvalue weighted by Crippen LogP contribution is 2.27. The molecule has 0 atom stereocenters. The van der Waals surface area contributed by atoms with Crippen molar-refractivity contribution >= 4 is 28.4 Å². The molecule has 0 aliphatic heterocycles. The lowest BCUT2D eigenvalue weighted by molar-refractivity contribution is 0.627. The Hall–Kier alpha value is -1.24. The number of hydrogen-bond acceptors (Lipinski definition) is 3. The number of nitrogens with one attached hydrogen (secondary N) is 1. The molecular formula is C16H19FIN3. The van der Waals surface area contributed by atoms with E-state index in [9.17, 15) is 4.39 Å². The van der Waals surface area contributed by atoms with E-state index >= 15 is 0 Å². The van der Waals surface area contributed by atoms with Gasteiger partial charge in [0.2, 0.25) is 0 Å². The summed E-state index contributed by atoms with van der Waals surface area (Å²) in [6.45, 7) is 6.86. The zero-order chi connectivity index (χ0) is 15.4. The van der Waals surface area contributed by atoms with E-state index in [-0.39, 0.29) is 5.82 Å². The molecule has 0 spiro atoms. The second kappa shape index (κ2) is 7.15. The van der Waals surface area contributed by atoms with Crippen LogP contribution in [0.5, 0.6) is 0 Å². The number of hydrogen-bond donors (Lipinski definition) is 1. The molecule has 1 N–H and O–H groups in total. The van der Waals surface area contributed by atoms with Crippen molar-refractivity contribution in [2.45, 2.75) is 33.6 Å². The van der Waals surface area contributed by atoms with Gasteiger partial charge in [0.1, 0.15) is 11.6 Å². The fourth-order valence-corrected chi connectivity index (χ4v) is 2.88. The SMILES string of the molecule is CCCc1nc(-c2ccc(F)cc2C)nc(NCC)c1I. The molecule has 3 nitrogen and oxygen atoms in total. The molecule has 0 saturated carbocycles. The topological polar surface area (TPSA) is 37.8 Å². The van der Waals surface area contributed by atoms with E-state index in [1.807, 2.05) is 13.8 Å². The Kier molecular flexibility index (Phi) is 5.50. The van der Waals surface area contributed by atoms with Crippen molar-refractivity contribution in [2.24, 2.45) is 0 Å². The van der Waals surface area contributed by atoms with Crippen LogP contribution in [0.15, 0.2) is 18.2 Å². The first-order valence-electron chi connectivity index (χ1n) is 7.13. The third kappa shape index (κ3) is 3.70. The van der Waals surface area contributed by atoms with Crippen LogP contribution in [-0.4, -0.2) is 16.5 Å². The fourth-order valence-electron chi connectivity index (χ4n) is 2.18. The zero-order valence-electron chi connectivity index (χ0n) is 12.5. The van der Waals surface area contributed by atoms with E-state index in [0.29, 0.717) is 5.82 Å². The van der Waals surface area contributed by atoms with Gasteiger partial charge in [-0.1, -0.05) is 13.3 Å². The van der Waals surface area contributed by atoms with E-state index in [0.717, 1.165) is 45.6 Å². The van der Waals surface area contributed by atoms with Gasteiger partial charge in [-0.2, -0.15) is 0 Å². The van der Waals surface area contributed by atoms with Gasteiger partial charge in [-0.05, 0) is 66.6 Å². The number of anilines is 1. The van der Waals surface area contributed by atoms with Crippen LogP contribution in [0.4, 0.5) is 10.2 Å². The van der Waals surface area contributed by atoms with Crippen LogP contribution in [0.25, 0.3) is 11.4 Å². The molecule has 0 radical (unpaired) electrons. The second-order valence-electron chi connectivity index (χ2n) is 4.90. The van der Waals surface area contributed by atoms with E-state index in [2.05, 4.69) is 44.8 Å². The largest absolute Gasteiger partial charge is 0.369 e. The van der Waals surface area contributed by atoms with Crippen LogP contribution in [0.1, 0.15) is 31.5 Å². The highest BCUT2D eigenvalue weighted by Gasteiger charge is 2.14. The molecule has 0 aliphatic carbocycles. The van der Waals surface area contributed by atoms with Crippen LogP contribution in [-0.2, 0) is 6.42 Å².